The zero-order valence-corrected chi connectivity index (χ0v) is 9.73. The molecule has 0 aromatic carbocycles. The van der Waals surface area contributed by atoms with Crippen molar-refractivity contribution >= 4 is 11.9 Å². The molecule has 0 amide bonds. The van der Waals surface area contributed by atoms with Crippen molar-refractivity contribution in [2.75, 3.05) is 0 Å². The van der Waals surface area contributed by atoms with Crippen LogP contribution < -0.4 is 11.5 Å². The maximum atomic E-state index is 9.10. The van der Waals surface area contributed by atoms with Gasteiger partial charge >= 0.3 is 11.9 Å². The molecule has 1 rings (SSSR count). The summed E-state index contributed by atoms with van der Waals surface area (Å²) in [6, 6.07) is 0.583. The number of hydrogen-bond acceptors (Lipinski definition) is 4. The molecule has 2 atom stereocenters. The molecule has 86 valence electrons. The van der Waals surface area contributed by atoms with Crippen LogP contribution in [0.15, 0.2) is 0 Å². The molecule has 2 unspecified atom stereocenters. The molecule has 14 heavy (non-hydrogen) atoms. The topological polar surface area (TPSA) is 127 Å². The molecule has 0 radical (unpaired) electrons. The zero-order valence-electron chi connectivity index (χ0n) is 7.46. The summed E-state index contributed by atoms with van der Waals surface area (Å²) in [6.07, 6.45) is 3.48. The van der Waals surface area contributed by atoms with Gasteiger partial charge in [-0.2, -0.15) is 0 Å². The number of carboxylic acids is 2. The predicted octanol–water partition coefficient (Wildman–Crippen LogP) is -1.02. The van der Waals surface area contributed by atoms with Gasteiger partial charge in [-0.15, -0.1) is 0 Å². The van der Waals surface area contributed by atoms with Crippen molar-refractivity contribution in [1.29, 1.82) is 0 Å². The minimum absolute atomic E-state index is 0. The predicted molar refractivity (Wildman–Crippen MR) is 45.1 cm³/mol. The Kier molecular flexibility index (Phi) is 9.03. The van der Waals surface area contributed by atoms with Crippen LogP contribution in [0.5, 0.6) is 0 Å². The molecule has 1 aliphatic carbocycles. The smallest absolute Gasteiger partial charge is 0.414 e. The normalized spacial score (nSPS) is 24.1. The molecule has 0 bridgehead atoms. The molecule has 0 aromatic rings. The Labute approximate surface area is 95.9 Å². The summed E-state index contributed by atoms with van der Waals surface area (Å²) in [6.45, 7) is 0. The van der Waals surface area contributed by atoms with Crippen molar-refractivity contribution in [3.63, 3.8) is 0 Å². The molecule has 6 nitrogen and oxygen atoms in total. The molecule has 0 spiro atoms. The van der Waals surface area contributed by atoms with Gasteiger partial charge in [0.15, 0.2) is 0 Å². The summed E-state index contributed by atoms with van der Waals surface area (Å²) in [5.41, 5.74) is 11.1. The number of nitrogens with two attached hydrogens (primary N) is 2. The number of carbonyl (C=O) groups is 2. The average Bonchev–Trinajstić information content (AvgIpc) is 2.37. The van der Waals surface area contributed by atoms with Gasteiger partial charge in [-0.05, 0) is 12.8 Å². The number of aliphatic carboxylic acids is 2. The van der Waals surface area contributed by atoms with E-state index in [1.807, 2.05) is 0 Å². The summed E-state index contributed by atoms with van der Waals surface area (Å²) >= 11 is 0. The van der Waals surface area contributed by atoms with Crippen LogP contribution in [-0.2, 0) is 30.7 Å². The molecule has 6 N–H and O–H groups in total. The second-order valence-electron chi connectivity index (χ2n) is 2.87. The van der Waals surface area contributed by atoms with Crippen LogP contribution in [0.25, 0.3) is 0 Å². The van der Waals surface area contributed by atoms with Crippen LogP contribution in [0.2, 0.25) is 0 Å². The molecule has 0 aromatic heterocycles. The Bertz CT molecular complexity index is 180. The van der Waals surface area contributed by atoms with E-state index in [2.05, 4.69) is 0 Å². The first kappa shape index (κ1) is 16.0. The first-order valence-corrected chi connectivity index (χ1v) is 3.92. The quantitative estimate of drug-likeness (QED) is 0.396. The van der Waals surface area contributed by atoms with E-state index >= 15 is 0 Å². The van der Waals surface area contributed by atoms with Gasteiger partial charge in [0.1, 0.15) is 0 Å². The standard InChI is InChI=1S/C5H12N2.C2H2O4.Pt/c6-4-2-1-3-5(4)7;3-1(4)2(5)6;/h4-5H,1-3,6-7H2;(H,3,4)(H,5,6);. The van der Waals surface area contributed by atoms with Gasteiger partial charge in [0.2, 0.25) is 0 Å². The largest absolute Gasteiger partial charge is 0.473 e. The van der Waals surface area contributed by atoms with E-state index < -0.39 is 11.9 Å². The first-order chi connectivity index (χ1) is 5.95. The van der Waals surface area contributed by atoms with Gasteiger partial charge in [0.25, 0.3) is 0 Å². The van der Waals surface area contributed by atoms with Gasteiger partial charge in [-0.3, -0.25) is 0 Å². The van der Waals surface area contributed by atoms with Gasteiger partial charge < -0.3 is 21.7 Å². The third-order valence-electron chi connectivity index (χ3n) is 1.81. The van der Waals surface area contributed by atoms with Crippen molar-refractivity contribution in [3.8, 4) is 0 Å². The minimum atomic E-state index is -1.82. The molecule has 0 heterocycles. The molecule has 1 aliphatic rings. The number of carboxylic acid groups (broad SMARTS) is 2. The monoisotopic (exact) mass is 385 g/mol. The molecule has 1 saturated carbocycles. The second kappa shape index (κ2) is 7.91. The third kappa shape index (κ3) is 7.00. The van der Waals surface area contributed by atoms with E-state index in [4.69, 9.17) is 31.3 Å². The van der Waals surface area contributed by atoms with Crippen LogP contribution >= 0.6 is 0 Å². The van der Waals surface area contributed by atoms with Crippen molar-refractivity contribution in [3.05, 3.63) is 0 Å². The van der Waals surface area contributed by atoms with Gasteiger partial charge in [0.05, 0.1) is 0 Å². The molecular formula is C7H14N2O4Pt. The Hall–Kier alpha value is -0.452. The number of hydrogen-bond donors (Lipinski definition) is 4. The van der Waals surface area contributed by atoms with Crippen LogP contribution in [0.4, 0.5) is 0 Å². The van der Waals surface area contributed by atoms with Crippen LogP contribution in [0, 0.1) is 0 Å². The fourth-order valence-corrected chi connectivity index (χ4v) is 1.02. The summed E-state index contributed by atoms with van der Waals surface area (Å²) in [5.74, 6) is -3.65. The molecule has 0 aliphatic heterocycles. The van der Waals surface area contributed by atoms with Crippen molar-refractivity contribution < 1.29 is 40.9 Å². The Balaban J connectivity index is 0. The van der Waals surface area contributed by atoms with E-state index in [1.165, 1.54) is 6.42 Å². The Morgan fingerprint density at radius 2 is 1.29 bits per heavy atom. The number of rotatable bonds is 0. The molecule has 1 fully saturated rings. The van der Waals surface area contributed by atoms with Crippen LogP contribution in [0.1, 0.15) is 19.3 Å². The Morgan fingerprint density at radius 1 is 1.00 bits per heavy atom. The summed E-state index contributed by atoms with van der Waals surface area (Å²) in [4.78, 5) is 18.2. The Morgan fingerprint density at radius 3 is 1.36 bits per heavy atom. The van der Waals surface area contributed by atoms with Crippen LogP contribution in [-0.4, -0.2) is 34.2 Å². The van der Waals surface area contributed by atoms with Gasteiger partial charge in [-0.25, -0.2) is 9.59 Å². The fraction of sp³-hybridized carbons (Fsp3) is 0.714. The first-order valence-electron chi connectivity index (χ1n) is 3.92. The fourth-order valence-electron chi connectivity index (χ4n) is 1.02. The SMILES string of the molecule is NC1CCCC1N.O=C(O)C(=O)O.[Pt]. The van der Waals surface area contributed by atoms with E-state index in [0.717, 1.165) is 12.8 Å². The zero-order chi connectivity index (χ0) is 10.4. The van der Waals surface area contributed by atoms with E-state index in [-0.39, 0.29) is 21.1 Å². The molecule has 7 heteroatoms. The third-order valence-corrected chi connectivity index (χ3v) is 1.81. The van der Waals surface area contributed by atoms with Gasteiger partial charge in [0, 0.05) is 33.1 Å². The molecular weight excluding hydrogens is 371 g/mol. The minimum Gasteiger partial charge on any atom is -0.473 e. The maximum absolute atomic E-state index is 9.10. The summed E-state index contributed by atoms with van der Waals surface area (Å²) in [7, 11) is 0. The van der Waals surface area contributed by atoms with E-state index in [0.29, 0.717) is 12.1 Å². The summed E-state index contributed by atoms with van der Waals surface area (Å²) in [5, 5.41) is 14.8. The average molecular weight is 385 g/mol. The maximum Gasteiger partial charge on any atom is 0.414 e. The van der Waals surface area contributed by atoms with Crippen molar-refractivity contribution in [1.82, 2.24) is 0 Å². The van der Waals surface area contributed by atoms with E-state index in [1.54, 1.807) is 0 Å². The van der Waals surface area contributed by atoms with Gasteiger partial charge in [-0.1, -0.05) is 6.42 Å². The van der Waals surface area contributed by atoms with E-state index in [9.17, 15) is 0 Å². The van der Waals surface area contributed by atoms with Crippen molar-refractivity contribution in [2.24, 2.45) is 11.5 Å². The van der Waals surface area contributed by atoms with Crippen LogP contribution in [0.3, 0.4) is 0 Å². The summed E-state index contributed by atoms with van der Waals surface area (Å²) < 4.78 is 0. The molecule has 0 saturated heterocycles. The van der Waals surface area contributed by atoms with Crippen molar-refractivity contribution in [2.45, 2.75) is 31.3 Å². The second-order valence-corrected chi connectivity index (χ2v) is 2.87.